The quantitative estimate of drug-likeness (QED) is 0.242. The van der Waals surface area contributed by atoms with Crippen LogP contribution < -0.4 is 0 Å². The molecule has 0 amide bonds. The Hall–Kier alpha value is -1.89. The SMILES string of the molecule is CCCC[N-]CCCC.[CH2-]c1ccccc1.[CH2-]c1ccccc1.[CH2-]c1ccccc1.[Zr+4]. The Bertz CT molecular complexity index is 589. The summed E-state index contributed by atoms with van der Waals surface area (Å²) in [7, 11) is 0. The maximum atomic E-state index is 4.35. The summed E-state index contributed by atoms with van der Waals surface area (Å²) in [5.74, 6) is 0. The molecule has 0 aliphatic carbocycles. The van der Waals surface area contributed by atoms with E-state index in [0.717, 1.165) is 29.8 Å². The van der Waals surface area contributed by atoms with Crippen LogP contribution in [0.2, 0.25) is 0 Å². The van der Waals surface area contributed by atoms with Gasteiger partial charge >= 0.3 is 26.2 Å². The van der Waals surface area contributed by atoms with Gasteiger partial charge in [-0.15, -0.1) is 49.5 Å². The van der Waals surface area contributed by atoms with Crippen LogP contribution in [-0.4, -0.2) is 13.1 Å². The van der Waals surface area contributed by atoms with E-state index in [9.17, 15) is 0 Å². The van der Waals surface area contributed by atoms with Crippen LogP contribution in [0.15, 0.2) is 91.0 Å². The van der Waals surface area contributed by atoms with Crippen molar-refractivity contribution in [2.24, 2.45) is 0 Å². The fourth-order valence-electron chi connectivity index (χ4n) is 2.09. The number of hydrogen-bond donors (Lipinski definition) is 0. The average Bonchev–Trinajstić information content (AvgIpc) is 2.77. The summed E-state index contributed by atoms with van der Waals surface area (Å²) in [5.41, 5.74) is 3.22. The van der Waals surface area contributed by atoms with Crippen molar-refractivity contribution in [3.63, 3.8) is 0 Å². The Kier molecular flexibility index (Phi) is 24.6. The van der Waals surface area contributed by atoms with E-state index in [2.05, 4.69) is 39.9 Å². The number of hydrogen-bond acceptors (Lipinski definition) is 0. The number of unbranched alkanes of at least 4 members (excludes halogenated alkanes) is 2. The molecule has 0 radical (unpaired) electrons. The predicted molar refractivity (Wildman–Crippen MR) is 136 cm³/mol. The normalized spacial score (nSPS) is 8.71. The third-order valence-corrected chi connectivity index (χ3v) is 3.87. The third-order valence-electron chi connectivity index (χ3n) is 3.87. The minimum absolute atomic E-state index is 0. The van der Waals surface area contributed by atoms with Crippen molar-refractivity contribution in [3.8, 4) is 0 Å². The summed E-state index contributed by atoms with van der Waals surface area (Å²) in [6, 6.07) is 29.6. The van der Waals surface area contributed by atoms with Crippen LogP contribution in [0.4, 0.5) is 0 Å². The van der Waals surface area contributed by atoms with Gasteiger partial charge in [0.1, 0.15) is 0 Å². The molecule has 0 aliphatic rings. The van der Waals surface area contributed by atoms with Crippen LogP contribution in [0, 0.1) is 20.8 Å². The third kappa shape index (κ3) is 24.3. The Morgan fingerprint density at radius 2 is 0.774 bits per heavy atom. The van der Waals surface area contributed by atoms with Gasteiger partial charge in [0.15, 0.2) is 0 Å². The minimum Gasteiger partial charge on any atom is -0.662 e. The van der Waals surface area contributed by atoms with Crippen molar-refractivity contribution in [1.82, 2.24) is 0 Å². The summed E-state index contributed by atoms with van der Waals surface area (Å²) in [6.45, 7) is 17.7. The van der Waals surface area contributed by atoms with Crippen LogP contribution in [-0.2, 0) is 26.2 Å². The van der Waals surface area contributed by atoms with E-state index in [0.29, 0.717) is 0 Å². The van der Waals surface area contributed by atoms with E-state index in [4.69, 9.17) is 0 Å². The fraction of sp³-hybridized carbons (Fsp3) is 0.276. The van der Waals surface area contributed by atoms with Gasteiger partial charge in [-0.1, -0.05) is 57.7 Å². The first-order valence-corrected chi connectivity index (χ1v) is 10.8. The monoisotopic (exact) mass is 491 g/mol. The number of nitrogens with zero attached hydrogens (tertiary/aromatic N) is 1. The van der Waals surface area contributed by atoms with Gasteiger partial charge in [0.25, 0.3) is 0 Å². The first-order valence-electron chi connectivity index (χ1n) is 10.8. The first kappa shape index (κ1) is 31.3. The van der Waals surface area contributed by atoms with Crippen LogP contribution in [0.5, 0.6) is 0 Å². The maximum Gasteiger partial charge on any atom is 4.00 e. The fourth-order valence-corrected chi connectivity index (χ4v) is 2.09. The van der Waals surface area contributed by atoms with Crippen LogP contribution in [0.25, 0.3) is 5.32 Å². The van der Waals surface area contributed by atoms with E-state index in [1.165, 1.54) is 25.7 Å². The smallest absolute Gasteiger partial charge is 0.662 e. The largest absolute Gasteiger partial charge is 4.00 e. The van der Waals surface area contributed by atoms with Crippen LogP contribution in [0.1, 0.15) is 56.2 Å². The second-order valence-corrected chi connectivity index (χ2v) is 6.83. The Morgan fingerprint density at radius 1 is 0.516 bits per heavy atom. The molecule has 0 aliphatic heterocycles. The molecule has 2 heteroatoms. The Labute approximate surface area is 211 Å². The molecule has 3 aromatic carbocycles. The van der Waals surface area contributed by atoms with Crippen molar-refractivity contribution in [2.75, 3.05) is 13.1 Å². The molecule has 0 bridgehead atoms. The summed E-state index contributed by atoms with van der Waals surface area (Å²) in [5, 5.41) is 4.35. The minimum atomic E-state index is 0. The van der Waals surface area contributed by atoms with E-state index in [1.54, 1.807) is 0 Å². The number of benzene rings is 3. The van der Waals surface area contributed by atoms with Gasteiger partial charge in [-0.05, 0) is 0 Å². The molecule has 0 atom stereocenters. The average molecular weight is 493 g/mol. The van der Waals surface area contributed by atoms with Crippen molar-refractivity contribution in [2.45, 2.75) is 39.5 Å². The standard InChI is InChI=1S/C8H18N.3C7H7.Zr/c1-3-5-7-9-8-6-4-2;3*1-7-5-3-2-4-6-7;/h3-8H2,1-2H3;3*2-6H,1H2;/q4*-1;+4. The Morgan fingerprint density at radius 3 is 0.935 bits per heavy atom. The van der Waals surface area contributed by atoms with Gasteiger partial charge in [0, 0.05) is 0 Å². The molecule has 0 unspecified atom stereocenters. The van der Waals surface area contributed by atoms with E-state index >= 15 is 0 Å². The molecule has 164 valence electrons. The topological polar surface area (TPSA) is 14.1 Å². The zero-order valence-electron chi connectivity index (χ0n) is 19.5. The van der Waals surface area contributed by atoms with Gasteiger partial charge < -0.3 is 5.32 Å². The molecule has 0 aromatic heterocycles. The van der Waals surface area contributed by atoms with Gasteiger partial charge in [0.2, 0.25) is 0 Å². The zero-order valence-corrected chi connectivity index (χ0v) is 21.9. The Balaban J connectivity index is 0. The molecule has 0 saturated carbocycles. The molecule has 31 heavy (non-hydrogen) atoms. The molecular formula is C29H39NZr. The second kappa shape index (κ2) is 24.4. The summed E-state index contributed by atoms with van der Waals surface area (Å²) >= 11 is 0. The second-order valence-electron chi connectivity index (χ2n) is 6.83. The predicted octanol–water partition coefficient (Wildman–Crippen LogP) is 8.56. The molecule has 0 spiro atoms. The zero-order chi connectivity index (χ0) is 22.3. The molecule has 0 saturated heterocycles. The van der Waals surface area contributed by atoms with Gasteiger partial charge in [0.05, 0.1) is 0 Å². The molecule has 0 heterocycles. The molecular weight excluding hydrogens is 454 g/mol. The maximum absolute atomic E-state index is 4.35. The van der Waals surface area contributed by atoms with E-state index in [-0.39, 0.29) is 26.2 Å². The van der Waals surface area contributed by atoms with E-state index < -0.39 is 0 Å². The van der Waals surface area contributed by atoms with Crippen molar-refractivity contribution in [1.29, 1.82) is 0 Å². The molecule has 0 fully saturated rings. The van der Waals surface area contributed by atoms with Gasteiger partial charge in [-0.3, -0.25) is 0 Å². The van der Waals surface area contributed by atoms with Gasteiger partial charge in [-0.2, -0.15) is 73.9 Å². The molecule has 0 N–H and O–H groups in total. The molecule has 3 aromatic rings. The summed E-state index contributed by atoms with van der Waals surface area (Å²) in [6.07, 6.45) is 5.08. The molecule has 3 rings (SSSR count). The first-order chi connectivity index (χ1) is 14.6. The summed E-state index contributed by atoms with van der Waals surface area (Å²) < 4.78 is 0. The van der Waals surface area contributed by atoms with E-state index in [1.807, 2.05) is 91.0 Å². The van der Waals surface area contributed by atoms with Crippen molar-refractivity contribution < 1.29 is 26.2 Å². The van der Waals surface area contributed by atoms with Crippen LogP contribution in [0.3, 0.4) is 0 Å². The van der Waals surface area contributed by atoms with Gasteiger partial charge in [-0.25, -0.2) is 0 Å². The van der Waals surface area contributed by atoms with Crippen molar-refractivity contribution in [3.05, 3.63) is 134 Å². The van der Waals surface area contributed by atoms with Crippen molar-refractivity contribution >= 4 is 0 Å². The van der Waals surface area contributed by atoms with Crippen LogP contribution >= 0.6 is 0 Å². The number of rotatable bonds is 6. The summed E-state index contributed by atoms with van der Waals surface area (Å²) in [4.78, 5) is 0. The molecule has 1 nitrogen and oxygen atoms in total.